The van der Waals surface area contributed by atoms with Crippen molar-refractivity contribution >= 4 is 23.6 Å². The summed E-state index contributed by atoms with van der Waals surface area (Å²) < 4.78 is 5.35. The van der Waals surface area contributed by atoms with Crippen molar-refractivity contribution < 1.29 is 9.53 Å². The molecular weight excluding hydrogens is 488 g/mol. The Hall–Kier alpha value is -4.41. The van der Waals surface area contributed by atoms with E-state index >= 15 is 0 Å². The third-order valence-corrected chi connectivity index (χ3v) is 6.05. The first-order chi connectivity index (χ1) is 18.0. The minimum absolute atomic E-state index is 0.0889. The largest absolute Gasteiger partial charge is 0.416 e. The molecule has 8 heteroatoms. The quantitative estimate of drug-likeness (QED) is 0.244. The van der Waals surface area contributed by atoms with Crippen molar-refractivity contribution in [1.29, 1.82) is 0 Å². The lowest BCUT2D eigenvalue weighted by Crippen LogP contribution is -2.19. The van der Waals surface area contributed by atoms with Crippen LogP contribution in [0.5, 0.6) is 5.75 Å². The van der Waals surface area contributed by atoms with Gasteiger partial charge in [0.05, 0.1) is 5.69 Å². The van der Waals surface area contributed by atoms with E-state index in [4.69, 9.17) is 22.8 Å². The molecular formula is C29H25ClN4O3. The standard InChI is InChI=1S/C29H25ClN4O3/c1-3-6-25-20(4-2)7-5-8-21(25)12-16-24-18-27(28(35)34-32-24)37-29(36)26-17-23(31-33-26)15-11-19-9-13-22(30)14-10-19/h2-3,5-10,13-14,17-18H,11-12,15-16H2,1H3,(H,31,33)(H,34,35)/b6-3-. The van der Waals surface area contributed by atoms with Crippen molar-refractivity contribution in [2.75, 3.05) is 0 Å². The van der Waals surface area contributed by atoms with Crippen LogP contribution >= 0.6 is 11.6 Å². The molecule has 0 unspecified atom stereocenters. The summed E-state index contributed by atoms with van der Waals surface area (Å²) in [6, 6.07) is 16.5. The molecule has 2 heterocycles. The van der Waals surface area contributed by atoms with E-state index in [1.54, 1.807) is 6.07 Å². The number of allylic oxidation sites excluding steroid dienone is 1. The van der Waals surface area contributed by atoms with E-state index in [2.05, 4.69) is 26.3 Å². The van der Waals surface area contributed by atoms with Crippen LogP contribution in [0.25, 0.3) is 6.08 Å². The fraction of sp³-hybridized carbons (Fsp3) is 0.172. The summed E-state index contributed by atoms with van der Waals surface area (Å²) in [4.78, 5) is 24.9. The molecule has 37 heavy (non-hydrogen) atoms. The number of benzene rings is 2. The van der Waals surface area contributed by atoms with Crippen molar-refractivity contribution in [2.24, 2.45) is 0 Å². The van der Waals surface area contributed by atoms with Crippen LogP contribution in [0.3, 0.4) is 0 Å². The molecule has 0 aliphatic rings. The van der Waals surface area contributed by atoms with Gasteiger partial charge in [0, 0.05) is 22.3 Å². The van der Waals surface area contributed by atoms with Crippen LogP contribution in [0.15, 0.2) is 65.5 Å². The minimum Gasteiger partial charge on any atom is -0.416 e. The number of halogens is 1. The lowest BCUT2D eigenvalue weighted by molar-refractivity contribution is 0.0725. The van der Waals surface area contributed by atoms with E-state index in [0.717, 1.165) is 34.4 Å². The SMILES string of the molecule is C#Cc1cccc(CCc2cc(OC(=O)c3cc(CCc4ccc(Cl)cc4)[nH]n3)c(=O)[nH]n2)c1/C=C\C. The molecule has 186 valence electrons. The Kier molecular flexibility index (Phi) is 8.34. The van der Waals surface area contributed by atoms with Crippen molar-refractivity contribution in [1.82, 2.24) is 20.4 Å². The molecule has 0 spiro atoms. The minimum atomic E-state index is -0.728. The molecule has 0 saturated carbocycles. The third-order valence-electron chi connectivity index (χ3n) is 5.80. The third kappa shape index (κ3) is 6.63. The van der Waals surface area contributed by atoms with Gasteiger partial charge in [-0.2, -0.15) is 10.2 Å². The topological polar surface area (TPSA) is 101 Å². The first-order valence-corrected chi connectivity index (χ1v) is 12.2. The predicted molar refractivity (Wildman–Crippen MR) is 144 cm³/mol. The fourth-order valence-corrected chi connectivity index (χ4v) is 4.02. The zero-order valence-corrected chi connectivity index (χ0v) is 21.0. The van der Waals surface area contributed by atoms with Gasteiger partial charge in [0.25, 0.3) is 0 Å². The maximum Gasteiger partial charge on any atom is 0.364 e. The number of carbonyl (C=O) groups excluding carboxylic acids is 1. The maximum atomic E-state index is 12.7. The molecule has 2 N–H and O–H groups in total. The number of terminal acetylenes is 1. The molecule has 0 aliphatic heterocycles. The normalized spacial score (nSPS) is 10.9. The molecule has 4 rings (SSSR count). The van der Waals surface area contributed by atoms with Crippen LogP contribution in [0.1, 0.15) is 51.1 Å². The molecule has 0 radical (unpaired) electrons. The highest BCUT2D eigenvalue weighted by atomic mass is 35.5. The van der Waals surface area contributed by atoms with E-state index in [0.29, 0.717) is 30.0 Å². The predicted octanol–water partition coefficient (Wildman–Crippen LogP) is 4.95. The second-order valence-corrected chi connectivity index (χ2v) is 8.81. The Bertz CT molecular complexity index is 1530. The highest BCUT2D eigenvalue weighted by Gasteiger charge is 2.16. The molecule has 2 aromatic heterocycles. The molecule has 0 atom stereocenters. The molecule has 0 fully saturated rings. The zero-order valence-electron chi connectivity index (χ0n) is 20.3. The average molecular weight is 513 g/mol. The van der Waals surface area contributed by atoms with E-state index < -0.39 is 11.5 Å². The Morgan fingerprint density at radius 3 is 2.62 bits per heavy atom. The number of aromatic amines is 2. The molecule has 2 aromatic carbocycles. The summed E-state index contributed by atoms with van der Waals surface area (Å²) in [5, 5.41) is 14.1. The number of carbonyl (C=O) groups is 1. The smallest absolute Gasteiger partial charge is 0.364 e. The molecule has 7 nitrogen and oxygen atoms in total. The van der Waals surface area contributed by atoms with Gasteiger partial charge in [-0.25, -0.2) is 9.89 Å². The Balaban J connectivity index is 1.41. The van der Waals surface area contributed by atoms with E-state index in [-0.39, 0.29) is 11.4 Å². The van der Waals surface area contributed by atoms with Crippen molar-refractivity contribution in [2.45, 2.75) is 32.6 Å². The van der Waals surface area contributed by atoms with Crippen LogP contribution in [0.2, 0.25) is 5.02 Å². The Morgan fingerprint density at radius 2 is 1.86 bits per heavy atom. The number of nitrogens with one attached hydrogen (secondary N) is 2. The number of H-pyrrole nitrogens is 2. The summed E-state index contributed by atoms with van der Waals surface area (Å²) >= 11 is 5.92. The second-order valence-electron chi connectivity index (χ2n) is 8.37. The van der Waals surface area contributed by atoms with Gasteiger partial charge < -0.3 is 4.74 Å². The number of esters is 1. The van der Waals surface area contributed by atoms with Gasteiger partial charge in [0.1, 0.15) is 0 Å². The van der Waals surface area contributed by atoms with Crippen molar-refractivity contribution in [3.63, 3.8) is 0 Å². The molecule has 0 aliphatic carbocycles. The number of ether oxygens (including phenoxy) is 1. The lowest BCUT2D eigenvalue weighted by Gasteiger charge is -2.09. The first kappa shape index (κ1) is 25.7. The van der Waals surface area contributed by atoms with Crippen LogP contribution < -0.4 is 10.3 Å². The number of hydrogen-bond donors (Lipinski definition) is 2. The van der Waals surface area contributed by atoms with Crippen LogP contribution in [-0.4, -0.2) is 26.4 Å². The van der Waals surface area contributed by atoms with E-state index in [1.165, 1.54) is 6.07 Å². The lowest BCUT2D eigenvalue weighted by atomic mass is 9.97. The molecule has 0 bridgehead atoms. The highest BCUT2D eigenvalue weighted by Crippen LogP contribution is 2.19. The van der Waals surface area contributed by atoms with Crippen LogP contribution in [0.4, 0.5) is 0 Å². The van der Waals surface area contributed by atoms with Crippen LogP contribution in [-0.2, 0) is 25.7 Å². The van der Waals surface area contributed by atoms with Gasteiger partial charge >= 0.3 is 11.5 Å². The van der Waals surface area contributed by atoms with Gasteiger partial charge in [-0.05, 0) is 73.6 Å². The highest BCUT2D eigenvalue weighted by molar-refractivity contribution is 6.30. The number of rotatable bonds is 9. The summed E-state index contributed by atoms with van der Waals surface area (Å²) in [6.07, 6.45) is 12.1. The van der Waals surface area contributed by atoms with Gasteiger partial charge in [0.15, 0.2) is 11.4 Å². The summed E-state index contributed by atoms with van der Waals surface area (Å²) in [6.45, 7) is 1.93. The number of aromatic nitrogens is 4. The summed E-state index contributed by atoms with van der Waals surface area (Å²) in [5.41, 5.74) is 4.80. The summed E-state index contributed by atoms with van der Waals surface area (Å²) in [5.74, 6) is 1.85. The molecule has 0 saturated heterocycles. The van der Waals surface area contributed by atoms with Crippen molar-refractivity contribution in [3.05, 3.63) is 115 Å². The van der Waals surface area contributed by atoms with Crippen LogP contribution in [0, 0.1) is 12.3 Å². The number of aryl methyl sites for hydroxylation is 4. The molecule has 4 aromatic rings. The van der Waals surface area contributed by atoms with Gasteiger partial charge in [-0.3, -0.25) is 9.89 Å². The van der Waals surface area contributed by atoms with E-state index in [9.17, 15) is 9.59 Å². The molecule has 0 amide bonds. The van der Waals surface area contributed by atoms with Crippen molar-refractivity contribution in [3.8, 4) is 18.1 Å². The second kappa shape index (κ2) is 12.0. The summed E-state index contributed by atoms with van der Waals surface area (Å²) in [7, 11) is 0. The first-order valence-electron chi connectivity index (χ1n) is 11.8. The monoisotopic (exact) mass is 512 g/mol. The number of nitrogens with zero attached hydrogens (tertiary/aromatic N) is 2. The average Bonchev–Trinajstić information content (AvgIpc) is 3.39. The maximum absolute atomic E-state index is 12.7. The number of hydrogen-bond acceptors (Lipinski definition) is 5. The van der Waals surface area contributed by atoms with Gasteiger partial charge in [-0.1, -0.05) is 53.9 Å². The zero-order chi connectivity index (χ0) is 26.2. The van der Waals surface area contributed by atoms with Gasteiger partial charge in [0.2, 0.25) is 0 Å². The Labute approximate surface area is 219 Å². The van der Waals surface area contributed by atoms with Gasteiger partial charge in [-0.15, -0.1) is 6.42 Å². The fourth-order valence-electron chi connectivity index (χ4n) is 3.89. The van der Waals surface area contributed by atoms with E-state index in [1.807, 2.05) is 61.5 Å². The Morgan fingerprint density at radius 1 is 1.05 bits per heavy atom.